The van der Waals surface area contributed by atoms with Gasteiger partial charge in [0.2, 0.25) is 0 Å². The van der Waals surface area contributed by atoms with Crippen LogP contribution in [0.15, 0.2) is 0 Å². The molecule has 1 aromatic rings. The fourth-order valence-electron chi connectivity index (χ4n) is 2.04. The summed E-state index contributed by atoms with van der Waals surface area (Å²) in [5, 5.41) is 3.00. The van der Waals surface area contributed by atoms with Crippen molar-refractivity contribution in [1.82, 2.24) is 10.3 Å². The van der Waals surface area contributed by atoms with Crippen molar-refractivity contribution < 1.29 is 19.1 Å². The average molecular weight is 282 g/mol. The molecule has 6 heteroatoms. The number of carbonyl (C=O) groups is 2. The Balaban J connectivity index is 2.80. The van der Waals surface area contributed by atoms with E-state index in [2.05, 4.69) is 10.3 Å². The lowest BCUT2D eigenvalue weighted by molar-refractivity contribution is 0.0519. The number of aryl methyl sites for hydroxylation is 1. The molecule has 6 nitrogen and oxygen atoms in total. The quantitative estimate of drug-likeness (QED) is 0.426. The molecule has 0 spiro atoms. The van der Waals surface area contributed by atoms with Gasteiger partial charge in [0.15, 0.2) is 5.78 Å². The summed E-state index contributed by atoms with van der Waals surface area (Å²) in [7, 11) is 1.61. The van der Waals surface area contributed by atoms with Gasteiger partial charge in [-0.15, -0.1) is 0 Å². The molecule has 112 valence electrons. The number of aromatic amines is 1. The van der Waals surface area contributed by atoms with Crippen LogP contribution in [-0.4, -0.2) is 50.1 Å². The molecule has 0 unspecified atom stereocenters. The molecule has 0 amide bonds. The third-order valence-electron chi connectivity index (χ3n) is 2.96. The zero-order chi connectivity index (χ0) is 15.1. The topological polar surface area (TPSA) is 80.4 Å². The summed E-state index contributed by atoms with van der Waals surface area (Å²) in [5.74, 6) is -0.484. The van der Waals surface area contributed by atoms with Crippen molar-refractivity contribution in [3.63, 3.8) is 0 Å². The number of H-pyrrole nitrogens is 1. The maximum atomic E-state index is 12.2. The molecule has 1 heterocycles. The Bertz CT molecular complexity index is 480. The van der Waals surface area contributed by atoms with Gasteiger partial charge in [-0.3, -0.25) is 4.79 Å². The van der Waals surface area contributed by atoms with Crippen LogP contribution in [0.2, 0.25) is 0 Å². The number of methoxy groups -OCH3 is 1. The van der Waals surface area contributed by atoms with Crippen LogP contribution in [0.3, 0.4) is 0 Å². The summed E-state index contributed by atoms with van der Waals surface area (Å²) in [6.45, 7) is 6.94. The molecule has 2 N–H and O–H groups in total. The van der Waals surface area contributed by atoms with E-state index in [9.17, 15) is 9.59 Å². The van der Waals surface area contributed by atoms with E-state index in [1.165, 1.54) is 0 Å². The maximum Gasteiger partial charge on any atom is 0.355 e. The second-order valence-electron chi connectivity index (χ2n) is 4.44. The van der Waals surface area contributed by atoms with Crippen molar-refractivity contribution in [1.29, 1.82) is 0 Å². The van der Waals surface area contributed by atoms with Gasteiger partial charge in [0.1, 0.15) is 5.69 Å². The second kappa shape index (κ2) is 7.81. The first-order valence-electron chi connectivity index (χ1n) is 6.62. The van der Waals surface area contributed by atoms with E-state index in [1.54, 1.807) is 27.9 Å². The number of ether oxygens (including phenoxy) is 2. The molecule has 0 bridgehead atoms. The number of carbonyl (C=O) groups excluding carboxylic acids is 2. The molecule has 0 aliphatic carbocycles. The van der Waals surface area contributed by atoms with Crippen LogP contribution >= 0.6 is 0 Å². The maximum absolute atomic E-state index is 12.2. The monoisotopic (exact) mass is 282 g/mol. The average Bonchev–Trinajstić information content (AvgIpc) is 2.70. The molecule has 0 aliphatic rings. The summed E-state index contributed by atoms with van der Waals surface area (Å²) in [5.41, 5.74) is 2.23. The molecule has 20 heavy (non-hydrogen) atoms. The molecule has 0 radical (unpaired) electrons. The van der Waals surface area contributed by atoms with Crippen molar-refractivity contribution in [2.24, 2.45) is 0 Å². The van der Waals surface area contributed by atoms with Gasteiger partial charge < -0.3 is 19.8 Å². The first kappa shape index (κ1) is 16.4. The number of esters is 1. The van der Waals surface area contributed by atoms with Crippen LogP contribution in [0.5, 0.6) is 0 Å². The third kappa shape index (κ3) is 3.91. The highest BCUT2D eigenvalue weighted by Gasteiger charge is 2.22. The predicted octanol–water partition coefficient (Wildman–Crippen LogP) is 1.23. The van der Waals surface area contributed by atoms with Crippen molar-refractivity contribution in [3.05, 3.63) is 22.5 Å². The van der Waals surface area contributed by atoms with Gasteiger partial charge >= 0.3 is 5.97 Å². The highest BCUT2D eigenvalue weighted by Crippen LogP contribution is 2.19. The van der Waals surface area contributed by atoms with E-state index in [4.69, 9.17) is 9.47 Å². The minimum absolute atomic E-state index is 0.0529. The summed E-state index contributed by atoms with van der Waals surface area (Å²) in [4.78, 5) is 26.9. The van der Waals surface area contributed by atoms with Gasteiger partial charge in [0.25, 0.3) is 0 Å². The van der Waals surface area contributed by atoms with Crippen LogP contribution in [0, 0.1) is 13.8 Å². The summed E-state index contributed by atoms with van der Waals surface area (Å²) in [6.07, 6.45) is 0. The number of rotatable bonds is 8. The minimum atomic E-state index is -0.431. The summed E-state index contributed by atoms with van der Waals surface area (Å²) >= 11 is 0. The lowest BCUT2D eigenvalue weighted by atomic mass is 10.1. The smallest absolute Gasteiger partial charge is 0.355 e. The molecule has 0 fully saturated rings. The molecular formula is C14H22N2O4. The molecule has 0 aromatic carbocycles. The van der Waals surface area contributed by atoms with Gasteiger partial charge in [-0.1, -0.05) is 0 Å². The van der Waals surface area contributed by atoms with Crippen LogP contribution < -0.4 is 5.32 Å². The summed E-state index contributed by atoms with van der Waals surface area (Å²) < 4.78 is 9.85. The third-order valence-corrected chi connectivity index (χ3v) is 2.96. The van der Waals surface area contributed by atoms with Crippen LogP contribution in [0.4, 0.5) is 0 Å². The number of hydrogen-bond donors (Lipinski definition) is 2. The molecule has 1 aromatic heterocycles. The number of nitrogens with one attached hydrogen (secondary N) is 2. The molecule has 0 saturated heterocycles. The Kier molecular flexibility index (Phi) is 6.41. The Morgan fingerprint density at radius 2 is 2.00 bits per heavy atom. The van der Waals surface area contributed by atoms with Gasteiger partial charge in [-0.05, 0) is 26.3 Å². The first-order valence-corrected chi connectivity index (χ1v) is 6.62. The van der Waals surface area contributed by atoms with E-state index >= 15 is 0 Å². The fraction of sp³-hybridized carbons (Fsp3) is 0.571. The zero-order valence-corrected chi connectivity index (χ0v) is 12.5. The summed E-state index contributed by atoms with van der Waals surface area (Å²) in [6, 6.07) is 0. The largest absolute Gasteiger partial charge is 0.461 e. The molecule has 0 saturated carbocycles. The number of Topliss-reactive ketones (excluding diaryl/α,β-unsaturated/α-hetero) is 1. The number of aromatic nitrogens is 1. The standard InChI is InChI=1S/C14H22N2O4/c1-5-20-14(18)13-9(2)12(10(3)16-13)11(17)8-15-6-7-19-4/h15-16H,5-8H2,1-4H3. The van der Waals surface area contributed by atoms with Crippen molar-refractivity contribution in [2.45, 2.75) is 20.8 Å². The molecule has 0 aliphatic heterocycles. The molecule has 0 atom stereocenters. The van der Waals surface area contributed by atoms with Gasteiger partial charge in [0.05, 0.1) is 19.8 Å². The Morgan fingerprint density at radius 1 is 1.30 bits per heavy atom. The van der Waals surface area contributed by atoms with Crippen LogP contribution in [-0.2, 0) is 9.47 Å². The normalized spacial score (nSPS) is 10.6. The highest BCUT2D eigenvalue weighted by atomic mass is 16.5. The van der Waals surface area contributed by atoms with Crippen LogP contribution in [0.1, 0.15) is 39.0 Å². The molecular weight excluding hydrogens is 260 g/mol. The van der Waals surface area contributed by atoms with Crippen molar-refractivity contribution in [3.8, 4) is 0 Å². The van der Waals surface area contributed by atoms with Crippen molar-refractivity contribution in [2.75, 3.05) is 33.4 Å². The van der Waals surface area contributed by atoms with Gasteiger partial charge in [0, 0.05) is 24.9 Å². The SMILES string of the molecule is CCOC(=O)c1[nH]c(C)c(C(=O)CNCCOC)c1C. The lowest BCUT2D eigenvalue weighted by Crippen LogP contribution is -2.26. The van der Waals surface area contributed by atoms with E-state index in [0.29, 0.717) is 42.3 Å². The lowest BCUT2D eigenvalue weighted by Gasteiger charge is -2.04. The van der Waals surface area contributed by atoms with E-state index in [0.717, 1.165) is 0 Å². The van der Waals surface area contributed by atoms with E-state index < -0.39 is 5.97 Å². The Labute approximate surface area is 118 Å². The van der Waals surface area contributed by atoms with Gasteiger partial charge in [-0.25, -0.2) is 4.79 Å². The Morgan fingerprint density at radius 3 is 2.60 bits per heavy atom. The van der Waals surface area contributed by atoms with Crippen molar-refractivity contribution >= 4 is 11.8 Å². The zero-order valence-electron chi connectivity index (χ0n) is 12.5. The number of ketones is 1. The second-order valence-corrected chi connectivity index (χ2v) is 4.44. The molecule has 1 rings (SSSR count). The Hall–Kier alpha value is -1.66. The first-order chi connectivity index (χ1) is 9.52. The van der Waals surface area contributed by atoms with E-state index in [-0.39, 0.29) is 12.3 Å². The number of hydrogen-bond acceptors (Lipinski definition) is 5. The van der Waals surface area contributed by atoms with Crippen LogP contribution in [0.25, 0.3) is 0 Å². The minimum Gasteiger partial charge on any atom is -0.461 e. The van der Waals surface area contributed by atoms with E-state index in [1.807, 2.05) is 0 Å². The van der Waals surface area contributed by atoms with Gasteiger partial charge in [-0.2, -0.15) is 0 Å². The predicted molar refractivity (Wildman–Crippen MR) is 75.3 cm³/mol. The fourth-order valence-corrected chi connectivity index (χ4v) is 2.04. The highest BCUT2D eigenvalue weighted by molar-refractivity contribution is 6.03.